The van der Waals surface area contributed by atoms with E-state index in [1.165, 1.54) is 0 Å². The second kappa shape index (κ2) is 5.76. The number of aliphatic hydroxyl groups is 1. The summed E-state index contributed by atoms with van der Waals surface area (Å²) in [6.45, 7) is 2.87. The van der Waals surface area contributed by atoms with E-state index < -0.39 is 6.10 Å². The third-order valence-electron chi connectivity index (χ3n) is 3.47. The maximum Gasteiger partial charge on any atom is 0.162 e. The van der Waals surface area contributed by atoms with Crippen molar-refractivity contribution in [3.63, 3.8) is 0 Å². The summed E-state index contributed by atoms with van der Waals surface area (Å²) in [6, 6.07) is 8.90. The van der Waals surface area contributed by atoms with Crippen LogP contribution in [0.15, 0.2) is 30.3 Å². The molecule has 0 aliphatic carbocycles. The predicted molar refractivity (Wildman–Crippen MR) is 82.7 cm³/mol. The number of benzene rings is 2. The molecule has 3 nitrogen and oxygen atoms in total. The Labute approximate surface area is 133 Å². The quantitative estimate of drug-likeness (QED) is 0.901. The summed E-state index contributed by atoms with van der Waals surface area (Å²) in [5, 5.41) is 11.6. The van der Waals surface area contributed by atoms with Gasteiger partial charge in [0.15, 0.2) is 11.5 Å². The fourth-order valence-electron chi connectivity index (χ4n) is 2.34. The van der Waals surface area contributed by atoms with E-state index in [1.54, 1.807) is 18.2 Å². The van der Waals surface area contributed by atoms with Crippen molar-refractivity contribution in [1.29, 1.82) is 0 Å². The van der Waals surface area contributed by atoms with Crippen molar-refractivity contribution >= 4 is 23.2 Å². The van der Waals surface area contributed by atoms with Gasteiger partial charge in [-0.2, -0.15) is 0 Å². The molecular formula is C16H14Cl2O3. The average molecular weight is 325 g/mol. The molecule has 2 aromatic rings. The molecule has 0 saturated heterocycles. The fourth-order valence-corrected chi connectivity index (χ4v) is 2.82. The Hall–Kier alpha value is -1.42. The summed E-state index contributed by atoms with van der Waals surface area (Å²) in [5.74, 6) is 1.18. The highest BCUT2D eigenvalue weighted by Crippen LogP contribution is 2.40. The van der Waals surface area contributed by atoms with Gasteiger partial charge in [-0.25, -0.2) is 0 Å². The van der Waals surface area contributed by atoms with Gasteiger partial charge in [-0.1, -0.05) is 41.4 Å². The molecule has 1 aliphatic heterocycles. The van der Waals surface area contributed by atoms with Crippen LogP contribution in [-0.2, 0) is 0 Å². The number of aryl methyl sites for hydroxylation is 1. The van der Waals surface area contributed by atoms with E-state index in [1.807, 2.05) is 19.1 Å². The monoisotopic (exact) mass is 324 g/mol. The molecule has 0 radical (unpaired) electrons. The zero-order chi connectivity index (χ0) is 15.0. The minimum absolute atomic E-state index is 0.421. The minimum Gasteiger partial charge on any atom is -0.486 e. The first kappa shape index (κ1) is 14.5. The lowest BCUT2D eigenvalue weighted by atomic mass is 9.99. The number of hydrogen-bond donors (Lipinski definition) is 1. The van der Waals surface area contributed by atoms with Crippen LogP contribution in [0.2, 0.25) is 10.0 Å². The van der Waals surface area contributed by atoms with Crippen molar-refractivity contribution in [2.24, 2.45) is 0 Å². The second-order valence-electron chi connectivity index (χ2n) is 4.90. The molecule has 21 heavy (non-hydrogen) atoms. The highest BCUT2D eigenvalue weighted by molar-refractivity contribution is 6.32. The first-order chi connectivity index (χ1) is 10.1. The molecule has 1 unspecified atom stereocenters. The highest BCUT2D eigenvalue weighted by atomic mass is 35.5. The zero-order valence-corrected chi connectivity index (χ0v) is 12.9. The number of ether oxygens (including phenoxy) is 2. The summed E-state index contributed by atoms with van der Waals surface area (Å²) in [4.78, 5) is 0. The maximum atomic E-state index is 10.6. The van der Waals surface area contributed by atoms with Crippen LogP contribution in [-0.4, -0.2) is 18.3 Å². The van der Waals surface area contributed by atoms with Crippen molar-refractivity contribution in [1.82, 2.24) is 0 Å². The van der Waals surface area contributed by atoms with E-state index in [-0.39, 0.29) is 0 Å². The maximum absolute atomic E-state index is 10.6. The van der Waals surface area contributed by atoms with Gasteiger partial charge in [-0.05, 0) is 18.6 Å². The summed E-state index contributed by atoms with van der Waals surface area (Å²) >= 11 is 12.5. The van der Waals surface area contributed by atoms with Crippen molar-refractivity contribution < 1.29 is 14.6 Å². The summed E-state index contributed by atoms with van der Waals surface area (Å²) < 4.78 is 11.0. The van der Waals surface area contributed by atoms with Crippen LogP contribution < -0.4 is 9.47 Å². The van der Waals surface area contributed by atoms with Gasteiger partial charge in [0.1, 0.15) is 19.3 Å². The third kappa shape index (κ3) is 2.69. The van der Waals surface area contributed by atoms with E-state index in [4.69, 9.17) is 32.7 Å². The normalized spacial score (nSPS) is 14.9. The smallest absolute Gasteiger partial charge is 0.162 e. The predicted octanol–water partition coefficient (Wildman–Crippen LogP) is 4.15. The SMILES string of the molecule is Cc1cccc(C(O)c2cc3c(cc2Cl)OCCO3)c1Cl. The van der Waals surface area contributed by atoms with Crippen LogP contribution in [0.25, 0.3) is 0 Å². The molecular weight excluding hydrogens is 311 g/mol. The molecule has 0 spiro atoms. The fraction of sp³-hybridized carbons (Fsp3) is 0.250. The second-order valence-corrected chi connectivity index (χ2v) is 5.68. The van der Waals surface area contributed by atoms with Gasteiger partial charge >= 0.3 is 0 Å². The molecule has 0 saturated carbocycles. The Balaban J connectivity index is 2.05. The lowest BCUT2D eigenvalue weighted by Gasteiger charge is -2.22. The van der Waals surface area contributed by atoms with Crippen molar-refractivity contribution in [3.8, 4) is 11.5 Å². The van der Waals surface area contributed by atoms with E-state index in [9.17, 15) is 5.11 Å². The van der Waals surface area contributed by atoms with Gasteiger partial charge < -0.3 is 14.6 Å². The van der Waals surface area contributed by atoms with Gasteiger partial charge in [-0.3, -0.25) is 0 Å². The van der Waals surface area contributed by atoms with Crippen LogP contribution in [0.3, 0.4) is 0 Å². The first-order valence-corrected chi connectivity index (χ1v) is 7.35. The van der Waals surface area contributed by atoms with Crippen LogP contribution in [0.4, 0.5) is 0 Å². The van der Waals surface area contributed by atoms with Gasteiger partial charge in [0.25, 0.3) is 0 Å². The average Bonchev–Trinajstić information content (AvgIpc) is 2.48. The summed E-state index contributed by atoms with van der Waals surface area (Å²) in [6.07, 6.45) is -0.916. The molecule has 1 heterocycles. The Morgan fingerprint density at radius 1 is 1.05 bits per heavy atom. The number of rotatable bonds is 2. The Morgan fingerprint density at radius 3 is 2.43 bits per heavy atom. The molecule has 0 aromatic heterocycles. The number of fused-ring (bicyclic) bond motifs is 1. The summed E-state index contributed by atoms with van der Waals surface area (Å²) in [7, 11) is 0. The lowest BCUT2D eigenvalue weighted by Crippen LogP contribution is -2.16. The standard InChI is InChI=1S/C16H14Cl2O3/c1-9-3-2-4-10(15(9)18)16(19)11-7-13-14(8-12(11)17)21-6-5-20-13/h2-4,7-8,16,19H,5-6H2,1H3. The van der Waals surface area contributed by atoms with Crippen LogP contribution >= 0.6 is 23.2 Å². The van der Waals surface area contributed by atoms with Crippen molar-refractivity contribution in [3.05, 3.63) is 57.1 Å². The van der Waals surface area contributed by atoms with E-state index in [0.29, 0.717) is 45.9 Å². The van der Waals surface area contributed by atoms with Crippen LogP contribution in [0.1, 0.15) is 22.8 Å². The Kier molecular flexibility index (Phi) is 3.98. The first-order valence-electron chi connectivity index (χ1n) is 6.60. The van der Waals surface area contributed by atoms with Gasteiger partial charge in [0.2, 0.25) is 0 Å². The van der Waals surface area contributed by atoms with Gasteiger partial charge in [-0.15, -0.1) is 0 Å². The molecule has 1 N–H and O–H groups in total. The largest absolute Gasteiger partial charge is 0.486 e. The zero-order valence-electron chi connectivity index (χ0n) is 11.4. The molecule has 110 valence electrons. The molecule has 2 aromatic carbocycles. The molecule has 1 atom stereocenters. The Bertz CT molecular complexity index is 685. The molecule has 0 amide bonds. The van der Waals surface area contributed by atoms with Gasteiger partial charge in [0, 0.05) is 22.2 Å². The van der Waals surface area contributed by atoms with E-state index in [0.717, 1.165) is 5.56 Å². The van der Waals surface area contributed by atoms with Gasteiger partial charge in [0.05, 0.1) is 5.02 Å². The molecule has 3 rings (SSSR count). The number of aliphatic hydroxyl groups excluding tert-OH is 1. The van der Waals surface area contributed by atoms with Crippen LogP contribution in [0.5, 0.6) is 11.5 Å². The number of halogens is 2. The molecule has 0 bridgehead atoms. The van der Waals surface area contributed by atoms with E-state index >= 15 is 0 Å². The van der Waals surface area contributed by atoms with Crippen LogP contribution in [0, 0.1) is 6.92 Å². The molecule has 0 fully saturated rings. The molecule has 1 aliphatic rings. The molecule has 5 heteroatoms. The van der Waals surface area contributed by atoms with Crippen molar-refractivity contribution in [2.45, 2.75) is 13.0 Å². The van der Waals surface area contributed by atoms with Crippen molar-refractivity contribution in [2.75, 3.05) is 13.2 Å². The third-order valence-corrected chi connectivity index (χ3v) is 4.32. The summed E-state index contributed by atoms with van der Waals surface area (Å²) in [5.41, 5.74) is 2.07. The Morgan fingerprint density at radius 2 is 1.71 bits per heavy atom. The minimum atomic E-state index is -0.916. The lowest BCUT2D eigenvalue weighted by molar-refractivity contribution is 0.169. The highest BCUT2D eigenvalue weighted by Gasteiger charge is 2.22. The van der Waals surface area contributed by atoms with E-state index in [2.05, 4.69) is 0 Å². The number of hydrogen-bond acceptors (Lipinski definition) is 3. The topological polar surface area (TPSA) is 38.7 Å².